The second kappa shape index (κ2) is 7.63. The van der Waals surface area contributed by atoms with E-state index in [0.29, 0.717) is 29.0 Å². The molecule has 1 aromatic heterocycles. The first-order chi connectivity index (χ1) is 12.1. The van der Waals surface area contributed by atoms with E-state index in [1.54, 1.807) is 19.2 Å². The zero-order chi connectivity index (χ0) is 17.8. The van der Waals surface area contributed by atoms with Gasteiger partial charge >= 0.3 is 0 Å². The molecule has 0 radical (unpaired) electrons. The molecule has 1 fully saturated rings. The molecular formula is C18H25N5O2. The predicted octanol–water partition coefficient (Wildman–Crippen LogP) is 2.71. The molecule has 1 amide bonds. The molecule has 25 heavy (non-hydrogen) atoms. The first kappa shape index (κ1) is 17.4. The highest BCUT2D eigenvalue weighted by Gasteiger charge is 2.29. The number of carbonyl (C=O) groups excluding carboxylic acids is 1. The molecule has 7 heteroatoms. The molecule has 1 saturated heterocycles. The number of tetrazole rings is 1. The number of nitrogens with zero attached hydrogens (tertiary/aromatic N) is 5. The maximum Gasteiger partial charge on any atom is 0.254 e. The van der Waals surface area contributed by atoms with Crippen LogP contribution in [0.1, 0.15) is 49.9 Å². The SMILES string of the molecule is COc1ccc(C(=O)N2CCC[C@H]2CCC(C)C)cc1-n1cnnn1. The minimum Gasteiger partial charge on any atom is -0.494 e. The van der Waals surface area contributed by atoms with Gasteiger partial charge in [-0.25, -0.2) is 0 Å². The second-order valence-corrected chi connectivity index (χ2v) is 6.91. The highest BCUT2D eigenvalue weighted by molar-refractivity contribution is 5.95. The molecule has 0 saturated carbocycles. The summed E-state index contributed by atoms with van der Waals surface area (Å²) in [5.41, 5.74) is 1.30. The third-order valence-corrected chi connectivity index (χ3v) is 4.74. The van der Waals surface area contributed by atoms with Gasteiger partial charge in [0.05, 0.1) is 7.11 Å². The average molecular weight is 343 g/mol. The molecule has 0 bridgehead atoms. The maximum absolute atomic E-state index is 13.0. The second-order valence-electron chi connectivity index (χ2n) is 6.91. The Bertz CT molecular complexity index is 714. The molecule has 7 nitrogen and oxygen atoms in total. The van der Waals surface area contributed by atoms with Gasteiger partial charge in [0.2, 0.25) is 0 Å². The largest absolute Gasteiger partial charge is 0.494 e. The van der Waals surface area contributed by atoms with Crippen molar-refractivity contribution in [3.63, 3.8) is 0 Å². The van der Waals surface area contributed by atoms with E-state index in [0.717, 1.165) is 32.2 Å². The molecule has 1 aromatic carbocycles. The number of benzene rings is 1. The number of amides is 1. The third kappa shape index (κ3) is 3.81. The van der Waals surface area contributed by atoms with E-state index in [2.05, 4.69) is 29.4 Å². The van der Waals surface area contributed by atoms with Gasteiger partial charge in [-0.05, 0) is 60.2 Å². The van der Waals surface area contributed by atoms with Crippen molar-refractivity contribution >= 4 is 5.91 Å². The lowest BCUT2D eigenvalue weighted by Gasteiger charge is -2.25. The van der Waals surface area contributed by atoms with Crippen molar-refractivity contribution < 1.29 is 9.53 Å². The molecule has 0 aliphatic carbocycles. The van der Waals surface area contributed by atoms with E-state index in [4.69, 9.17) is 4.74 Å². The van der Waals surface area contributed by atoms with Crippen molar-refractivity contribution in [3.05, 3.63) is 30.1 Å². The van der Waals surface area contributed by atoms with Gasteiger partial charge in [-0.3, -0.25) is 4.79 Å². The summed E-state index contributed by atoms with van der Waals surface area (Å²) >= 11 is 0. The summed E-state index contributed by atoms with van der Waals surface area (Å²) < 4.78 is 6.88. The quantitative estimate of drug-likeness (QED) is 0.806. The van der Waals surface area contributed by atoms with Crippen LogP contribution in [0.4, 0.5) is 0 Å². The Morgan fingerprint density at radius 1 is 1.40 bits per heavy atom. The standard InChI is InChI=1S/C18H25N5O2/c1-13(2)6-8-15-5-4-10-22(15)18(24)14-7-9-17(25-3)16(11-14)23-12-19-20-21-23/h7,9,11-13,15H,4-6,8,10H2,1-3H3/t15-/m0/s1. The van der Waals surface area contributed by atoms with Gasteiger partial charge in [0.1, 0.15) is 17.8 Å². The Morgan fingerprint density at radius 3 is 2.92 bits per heavy atom. The highest BCUT2D eigenvalue weighted by Crippen LogP contribution is 2.28. The molecule has 2 aromatic rings. The van der Waals surface area contributed by atoms with Gasteiger partial charge in [0.25, 0.3) is 5.91 Å². The Morgan fingerprint density at radius 2 is 2.24 bits per heavy atom. The van der Waals surface area contributed by atoms with E-state index in [1.807, 2.05) is 11.0 Å². The predicted molar refractivity (Wildman–Crippen MR) is 93.8 cm³/mol. The fourth-order valence-electron chi connectivity index (χ4n) is 3.37. The number of aromatic nitrogens is 4. The van der Waals surface area contributed by atoms with Crippen LogP contribution in [0.5, 0.6) is 5.75 Å². The molecule has 2 heterocycles. The highest BCUT2D eigenvalue weighted by atomic mass is 16.5. The van der Waals surface area contributed by atoms with Crippen molar-refractivity contribution in [2.75, 3.05) is 13.7 Å². The molecule has 0 unspecified atom stereocenters. The molecule has 1 atom stereocenters. The zero-order valence-corrected chi connectivity index (χ0v) is 15.1. The monoisotopic (exact) mass is 343 g/mol. The van der Waals surface area contributed by atoms with E-state index in [9.17, 15) is 4.79 Å². The van der Waals surface area contributed by atoms with Gasteiger partial charge in [-0.2, -0.15) is 4.68 Å². The maximum atomic E-state index is 13.0. The van der Waals surface area contributed by atoms with E-state index in [-0.39, 0.29) is 5.91 Å². The van der Waals surface area contributed by atoms with Crippen LogP contribution in [0.25, 0.3) is 5.69 Å². The summed E-state index contributed by atoms with van der Waals surface area (Å²) in [7, 11) is 1.59. The normalized spacial score (nSPS) is 17.3. The summed E-state index contributed by atoms with van der Waals surface area (Å²) in [5, 5.41) is 11.2. The molecule has 0 N–H and O–H groups in total. The summed E-state index contributed by atoms with van der Waals surface area (Å²) in [6.07, 6.45) is 5.87. The van der Waals surface area contributed by atoms with Crippen LogP contribution in [0.2, 0.25) is 0 Å². The first-order valence-electron chi connectivity index (χ1n) is 8.82. The van der Waals surface area contributed by atoms with E-state index < -0.39 is 0 Å². The topological polar surface area (TPSA) is 73.1 Å². The third-order valence-electron chi connectivity index (χ3n) is 4.74. The molecule has 1 aliphatic heterocycles. The van der Waals surface area contributed by atoms with Gasteiger partial charge in [-0.15, -0.1) is 5.10 Å². The van der Waals surface area contributed by atoms with Crippen LogP contribution in [0.15, 0.2) is 24.5 Å². The fourth-order valence-corrected chi connectivity index (χ4v) is 3.37. The molecule has 3 rings (SSSR count). The Labute approximate surface area is 148 Å². The zero-order valence-electron chi connectivity index (χ0n) is 15.1. The molecular weight excluding hydrogens is 318 g/mol. The van der Waals surface area contributed by atoms with Gasteiger partial charge in [-0.1, -0.05) is 13.8 Å². The number of rotatable bonds is 6. The molecule has 1 aliphatic rings. The Kier molecular flexibility index (Phi) is 5.31. The van der Waals surface area contributed by atoms with Crippen LogP contribution in [0.3, 0.4) is 0 Å². The minimum atomic E-state index is 0.0724. The average Bonchev–Trinajstić information content (AvgIpc) is 3.30. The summed E-state index contributed by atoms with van der Waals surface area (Å²) in [6, 6.07) is 5.75. The first-order valence-corrected chi connectivity index (χ1v) is 8.82. The minimum absolute atomic E-state index is 0.0724. The van der Waals surface area contributed by atoms with E-state index in [1.165, 1.54) is 11.0 Å². The van der Waals surface area contributed by atoms with Gasteiger partial charge < -0.3 is 9.64 Å². The molecule has 0 spiro atoms. The van der Waals surface area contributed by atoms with Crippen LogP contribution in [-0.2, 0) is 0 Å². The lowest BCUT2D eigenvalue weighted by Crippen LogP contribution is -2.35. The summed E-state index contributed by atoms with van der Waals surface area (Å²) in [5.74, 6) is 1.36. The Balaban J connectivity index is 1.83. The number of likely N-dealkylation sites (tertiary alicyclic amines) is 1. The van der Waals surface area contributed by atoms with Crippen LogP contribution in [-0.4, -0.2) is 50.7 Å². The van der Waals surface area contributed by atoms with Gasteiger partial charge in [0.15, 0.2) is 0 Å². The lowest BCUT2D eigenvalue weighted by molar-refractivity contribution is 0.0726. The van der Waals surface area contributed by atoms with Crippen LogP contribution in [0, 0.1) is 5.92 Å². The van der Waals surface area contributed by atoms with Crippen molar-refractivity contribution in [2.24, 2.45) is 5.92 Å². The number of hydrogen-bond donors (Lipinski definition) is 0. The van der Waals surface area contributed by atoms with Crippen LogP contribution < -0.4 is 4.74 Å². The smallest absolute Gasteiger partial charge is 0.254 e. The summed E-state index contributed by atoms with van der Waals surface area (Å²) in [6.45, 7) is 5.28. The fraction of sp³-hybridized carbons (Fsp3) is 0.556. The lowest BCUT2D eigenvalue weighted by atomic mass is 10.0. The van der Waals surface area contributed by atoms with Crippen molar-refractivity contribution in [3.8, 4) is 11.4 Å². The van der Waals surface area contributed by atoms with Crippen LogP contribution >= 0.6 is 0 Å². The number of ether oxygens (including phenoxy) is 1. The van der Waals surface area contributed by atoms with Crippen molar-refractivity contribution in [2.45, 2.75) is 45.6 Å². The summed E-state index contributed by atoms with van der Waals surface area (Å²) in [4.78, 5) is 15.1. The van der Waals surface area contributed by atoms with Crippen molar-refractivity contribution in [1.29, 1.82) is 0 Å². The van der Waals surface area contributed by atoms with Crippen molar-refractivity contribution in [1.82, 2.24) is 25.1 Å². The number of methoxy groups -OCH3 is 1. The number of hydrogen-bond acceptors (Lipinski definition) is 5. The molecule has 134 valence electrons. The number of carbonyl (C=O) groups is 1. The van der Waals surface area contributed by atoms with Gasteiger partial charge in [0, 0.05) is 18.2 Å². The Hall–Kier alpha value is -2.44. The van der Waals surface area contributed by atoms with E-state index >= 15 is 0 Å².